The molecule has 6 nitrogen and oxygen atoms in total. The first-order chi connectivity index (χ1) is 13.3. The molecule has 28 heavy (non-hydrogen) atoms. The van der Waals surface area contributed by atoms with Gasteiger partial charge < -0.3 is 0 Å². The summed E-state index contributed by atoms with van der Waals surface area (Å²) in [5, 5.41) is 0. The van der Waals surface area contributed by atoms with Crippen molar-refractivity contribution in [3.05, 3.63) is 84.4 Å². The van der Waals surface area contributed by atoms with Gasteiger partial charge in [0.1, 0.15) is 0 Å². The Bertz CT molecular complexity index is 1160. The zero-order valence-corrected chi connectivity index (χ0v) is 16.8. The van der Waals surface area contributed by atoms with E-state index in [1.807, 2.05) is 6.92 Å². The van der Waals surface area contributed by atoms with Gasteiger partial charge in [0.25, 0.3) is 20.0 Å². The summed E-state index contributed by atoms with van der Waals surface area (Å²) in [6, 6.07) is 20.7. The van der Waals surface area contributed by atoms with E-state index in [-0.39, 0.29) is 21.2 Å². The number of hydrogen-bond acceptors (Lipinski definition) is 4. The van der Waals surface area contributed by atoms with Crippen LogP contribution < -0.4 is 9.44 Å². The Morgan fingerprint density at radius 1 is 0.643 bits per heavy atom. The molecule has 0 aliphatic heterocycles. The quantitative estimate of drug-likeness (QED) is 0.612. The van der Waals surface area contributed by atoms with Gasteiger partial charge in [0.05, 0.1) is 21.2 Å². The van der Waals surface area contributed by atoms with Crippen LogP contribution in [0.25, 0.3) is 0 Å². The van der Waals surface area contributed by atoms with Crippen molar-refractivity contribution in [2.24, 2.45) is 0 Å². The fourth-order valence-corrected chi connectivity index (χ4v) is 4.78. The van der Waals surface area contributed by atoms with Crippen LogP contribution in [-0.2, 0) is 26.5 Å². The first kappa shape index (κ1) is 19.9. The minimum atomic E-state index is -3.87. The Balaban J connectivity index is 1.99. The second-order valence-corrected chi connectivity index (χ2v) is 9.44. The van der Waals surface area contributed by atoms with Gasteiger partial charge in [-0.3, -0.25) is 9.44 Å². The Hall–Kier alpha value is -2.84. The molecule has 0 aromatic heterocycles. The molecule has 3 aromatic rings. The van der Waals surface area contributed by atoms with Gasteiger partial charge in [0.15, 0.2) is 0 Å². The summed E-state index contributed by atoms with van der Waals surface area (Å²) in [6.45, 7) is 1.93. The van der Waals surface area contributed by atoms with Crippen LogP contribution in [0.2, 0.25) is 0 Å². The molecule has 0 aliphatic rings. The Labute approximate surface area is 165 Å². The number of sulfonamides is 2. The summed E-state index contributed by atoms with van der Waals surface area (Å²) in [4.78, 5) is 0.181. The van der Waals surface area contributed by atoms with Crippen molar-refractivity contribution in [1.82, 2.24) is 0 Å². The molecule has 0 amide bonds. The lowest BCUT2D eigenvalue weighted by Gasteiger charge is -2.16. The standard InChI is InChI=1S/C20H20N2O4S2/c1-2-16-13-14-19(21-27(23,24)17-9-5-3-6-10-17)20(15-16)22-28(25,26)18-11-7-4-8-12-18/h3-15,21-22H,2H2,1H3. The topological polar surface area (TPSA) is 92.3 Å². The number of hydrogen-bond donors (Lipinski definition) is 2. The smallest absolute Gasteiger partial charge is 0.261 e. The molecule has 0 radical (unpaired) electrons. The molecule has 0 unspecified atom stereocenters. The maximum Gasteiger partial charge on any atom is 0.261 e. The predicted octanol–water partition coefficient (Wildman–Crippen LogP) is 3.85. The van der Waals surface area contributed by atoms with Gasteiger partial charge in [-0.15, -0.1) is 0 Å². The Morgan fingerprint density at radius 3 is 1.57 bits per heavy atom. The predicted molar refractivity (Wildman–Crippen MR) is 110 cm³/mol. The molecule has 0 aliphatic carbocycles. The molecular formula is C20H20N2O4S2. The normalized spacial score (nSPS) is 11.8. The average Bonchev–Trinajstić information content (AvgIpc) is 2.70. The largest absolute Gasteiger partial charge is 0.277 e. The van der Waals surface area contributed by atoms with Crippen molar-refractivity contribution in [1.29, 1.82) is 0 Å². The monoisotopic (exact) mass is 416 g/mol. The molecule has 3 rings (SSSR count). The zero-order chi connectivity index (χ0) is 20.2. The molecule has 0 saturated heterocycles. The third-order valence-electron chi connectivity index (χ3n) is 4.09. The van der Waals surface area contributed by atoms with Gasteiger partial charge in [-0.1, -0.05) is 49.4 Å². The van der Waals surface area contributed by atoms with Crippen LogP contribution in [0, 0.1) is 0 Å². The minimum absolute atomic E-state index is 0.0893. The van der Waals surface area contributed by atoms with E-state index in [1.165, 1.54) is 24.3 Å². The van der Waals surface area contributed by atoms with Crippen LogP contribution in [0.15, 0.2) is 88.7 Å². The van der Waals surface area contributed by atoms with Crippen molar-refractivity contribution >= 4 is 31.4 Å². The summed E-state index contributed by atoms with van der Waals surface area (Å²) >= 11 is 0. The van der Waals surface area contributed by atoms with Gasteiger partial charge in [-0.25, -0.2) is 16.8 Å². The second kappa shape index (κ2) is 8.04. The number of aryl methyl sites for hydroxylation is 1. The second-order valence-electron chi connectivity index (χ2n) is 6.07. The maximum absolute atomic E-state index is 12.7. The van der Waals surface area contributed by atoms with E-state index in [4.69, 9.17) is 0 Å². The summed E-state index contributed by atoms with van der Waals surface area (Å²) < 4.78 is 55.7. The summed E-state index contributed by atoms with van der Waals surface area (Å²) in [5.41, 5.74) is 1.19. The molecule has 0 bridgehead atoms. The highest BCUT2D eigenvalue weighted by molar-refractivity contribution is 7.93. The average molecular weight is 417 g/mol. The van der Waals surface area contributed by atoms with Gasteiger partial charge in [-0.2, -0.15) is 0 Å². The van der Waals surface area contributed by atoms with E-state index in [1.54, 1.807) is 54.6 Å². The summed E-state index contributed by atoms with van der Waals surface area (Å²) in [6.07, 6.45) is 0.672. The van der Waals surface area contributed by atoms with Crippen LogP contribution in [0.4, 0.5) is 11.4 Å². The van der Waals surface area contributed by atoms with Gasteiger partial charge in [-0.05, 0) is 48.4 Å². The third-order valence-corrected chi connectivity index (χ3v) is 6.85. The number of benzene rings is 3. The number of nitrogens with one attached hydrogen (secondary N) is 2. The molecule has 0 fully saturated rings. The molecule has 0 atom stereocenters. The SMILES string of the molecule is CCc1ccc(NS(=O)(=O)c2ccccc2)c(NS(=O)(=O)c2ccccc2)c1. The third kappa shape index (κ3) is 4.52. The molecule has 8 heteroatoms. The lowest BCUT2D eigenvalue weighted by molar-refractivity contribution is 0.599. The fraction of sp³-hybridized carbons (Fsp3) is 0.100. The molecule has 0 heterocycles. The van der Waals surface area contributed by atoms with Gasteiger partial charge >= 0.3 is 0 Å². The molecule has 0 saturated carbocycles. The van der Waals surface area contributed by atoms with Crippen LogP contribution in [0.5, 0.6) is 0 Å². The molecule has 3 aromatic carbocycles. The molecule has 0 spiro atoms. The van der Waals surface area contributed by atoms with Crippen LogP contribution in [-0.4, -0.2) is 16.8 Å². The first-order valence-corrected chi connectivity index (χ1v) is 11.6. The van der Waals surface area contributed by atoms with Crippen LogP contribution in [0.1, 0.15) is 12.5 Å². The molecular weight excluding hydrogens is 396 g/mol. The molecule has 146 valence electrons. The van der Waals surface area contributed by atoms with Gasteiger partial charge in [0.2, 0.25) is 0 Å². The van der Waals surface area contributed by atoms with Crippen molar-refractivity contribution in [2.75, 3.05) is 9.44 Å². The van der Waals surface area contributed by atoms with Crippen molar-refractivity contribution in [3.63, 3.8) is 0 Å². The highest BCUT2D eigenvalue weighted by Gasteiger charge is 2.20. The van der Waals surface area contributed by atoms with Crippen molar-refractivity contribution < 1.29 is 16.8 Å². The van der Waals surface area contributed by atoms with Crippen molar-refractivity contribution in [2.45, 2.75) is 23.1 Å². The van der Waals surface area contributed by atoms with Crippen LogP contribution >= 0.6 is 0 Å². The van der Waals surface area contributed by atoms with E-state index in [0.717, 1.165) is 5.56 Å². The van der Waals surface area contributed by atoms with Gasteiger partial charge in [0, 0.05) is 0 Å². The highest BCUT2D eigenvalue weighted by Crippen LogP contribution is 2.28. The van der Waals surface area contributed by atoms with E-state index < -0.39 is 20.0 Å². The van der Waals surface area contributed by atoms with E-state index >= 15 is 0 Å². The summed E-state index contributed by atoms with van der Waals surface area (Å²) in [5.74, 6) is 0. The maximum atomic E-state index is 12.7. The first-order valence-electron chi connectivity index (χ1n) is 8.60. The fourth-order valence-electron chi connectivity index (χ4n) is 2.59. The van der Waals surface area contributed by atoms with E-state index in [0.29, 0.717) is 6.42 Å². The van der Waals surface area contributed by atoms with Crippen molar-refractivity contribution in [3.8, 4) is 0 Å². The summed E-state index contributed by atoms with van der Waals surface area (Å²) in [7, 11) is -7.73. The highest BCUT2D eigenvalue weighted by atomic mass is 32.2. The zero-order valence-electron chi connectivity index (χ0n) is 15.2. The van der Waals surface area contributed by atoms with Crippen LogP contribution in [0.3, 0.4) is 0 Å². The Kier molecular flexibility index (Phi) is 5.71. The minimum Gasteiger partial charge on any atom is -0.277 e. The Morgan fingerprint density at radius 2 is 1.11 bits per heavy atom. The lowest BCUT2D eigenvalue weighted by atomic mass is 10.1. The van der Waals surface area contributed by atoms with E-state index in [9.17, 15) is 16.8 Å². The van der Waals surface area contributed by atoms with E-state index in [2.05, 4.69) is 9.44 Å². The number of rotatable bonds is 7. The lowest BCUT2D eigenvalue weighted by Crippen LogP contribution is -2.17. The number of anilines is 2. The molecule has 2 N–H and O–H groups in total.